The Hall–Kier alpha value is -0.390. The van der Waals surface area contributed by atoms with Gasteiger partial charge in [0.15, 0.2) is 0 Å². The molecule has 20 heavy (non-hydrogen) atoms. The molecule has 0 unspecified atom stereocenters. The average Bonchev–Trinajstić information content (AvgIpc) is 2.38. The average molecular weight is 404 g/mol. The number of likely N-dealkylation sites (tertiary alicyclic amines) is 1. The van der Waals surface area contributed by atoms with Crippen LogP contribution in [0.1, 0.15) is 23.2 Å². The molecule has 1 aliphatic rings. The highest BCUT2D eigenvalue weighted by molar-refractivity contribution is 9.11. The highest BCUT2D eigenvalue weighted by atomic mass is 79.9. The molecule has 110 valence electrons. The lowest BCUT2D eigenvalue weighted by Gasteiger charge is -2.33. The first-order valence-corrected chi connectivity index (χ1v) is 8.45. The molecule has 5 heteroatoms. The maximum atomic E-state index is 12.5. The van der Waals surface area contributed by atoms with Gasteiger partial charge in [0.25, 0.3) is 5.91 Å². The van der Waals surface area contributed by atoms with Crippen LogP contribution in [-0.4, -0.2) is 49.4 Å². The Morgan fingerprint density at radius 1 is 1.30 bits per heavy atom. The molecule has 0 aliphatic carbocycles. The van der Waals surface area contributed by atoms with Crippen LogP contribution in [-0.2, 0) is 0 Å². The largest absolute Gasteiger partial charge is 0.339 e. The summed E-state index contributed by atoms with van der Waals surface area (Å²) in [5.41, 5.74) is 0.749. The summed E-state index contributed by atoms with van der Waals surface area (Å²) in [6.45, 7) is 2.84. The molecule has 1 fully saturated rings. The third kappa shape index (κ3) is 4.06. The highest BCUT2D eigenvalue weighted by Crippen LogP contribution is 2.25. The Labute approximate surface area is 137 Å². The van der Waals surface area contributed by atoms with E-state index in [0.29, 0.717) is 5.92 Å². The molecule has 2 rings (SSSR count). The minimum atomic E-state index is 0.132. The highest BCUT2D eigenvalue weighted by Gasteiger charge is 2.24. The van der Waals surface area contributed by atoms with E-state index < -0.39 is 0 Å². The standard InChI is InChI=1S/C15H20Br2N2O/c1-18(2)10-11-5-7-19(8-6-11)15(20)13-4-3-12(16)9-14(13)17/h3-4,9,11H,5-8,10H2,1-2H3. The fourth-order valence-electron chi connectivity index (χ4n) is 2.67. The molecule has 3 nitrogen and oxygen atoms in total. The molecule has 0 atom stereocenters. The third-order valence-electron chi connectivity index (χ3n) is 3.69. The quantitative estimate of drug-likeness (QED) is 0.769. The van der Waals surface area contributed by atoms with Gasteiger partial charge in [-0.25, -0.2) is 0 Å². The predicted molar refractivity (Wildman–Crippen MR) is 89.0 cm³/mol. The van der Waals surface area contributed by atoms with Crippen LogP contribution in [0.4, 0.5) is 0 Å². The number of rotatable bonds is 3. The molecule has 1 aliphatic heterocycles. The number of nitrogens with zero attached hydrogens (tertiary/aromatic N) is 2. The normalized spacial score (nSPS) is 16.8. The zero-order chi connectivity index (χ0) is 14.7. The van der Waals surface area contributed by atoms with Crippen molar-refractivity contribution >= 4 is 37.8 Å². The second-order valence-electron chi connectivity index (χ2n) is 5.62. The summed E-state index contributed by atoms with van der Waals surface area (Å²) >= 11 is 6.89. The fraction of sp³-hybridized carbons (Fsp3) is 0.533. The Bertz CT molecular complexity index is 483. The van der Waals surface area contributed by atoms with Gasteiger partial charge in [0.1, 0.15) is 0 Å². The van der Waals surface area contributed by atoms with Gasteiger partial charge in [-0.3, -0.25) is 4.79 Å². The molecular weight excluding hydrogens is 384 g/mol. The van der Waals surface area contributed by atoms with Gasteiger partial charge in [0.05, 0.1) is 5.56 Å². The second kappa shape index (κ2) is 7.05. The lowest BCUT2D eigenvalue weighted by Crippen LogP contribution is -2.40. The van der Waals surface area contributed by atoms with Crippen LogP contribution in [0, 0.1) is 5.92 Å². The van der Waals surface area contributed by atoms with Crippen molar-refractivity contribution in [2.45, 2.75) is 12.8 Å². The van der Waals surface area contributed by atoms with Crippen molar-refractivity contribution < 1.29 is 4.79 Å². The van der Waals surface area contributed by atoms with Crippen molar-refractivity contribution in [3.8, 4) is 0 Å². The van der Waals surface area contributed by atoms with Crippen LogP contribution in [0.3, 0.4) is 0 Å². The maximum absolute atomic E-state index is 12.5. The summed E-state index contributed by atoms with van der Waals surface area (Å²) in [7, 11) is 4.22. The molecule has 1 aromatic carbocycles. The van der Waals surface area contributed by atoms with E-state index in [0.717, 1.165) is 47.0 Å². The SMILES string of the molecule is CN(C)CC1CCN(C(=O)c2ccc(Br)cc2Br)CC1. The van der Waals surface area contributed by atoms with Crippen molar-refractivity contribution in [1.82, 2.24) is 9.80 Å². The number of piperidine rings is 1. The molecule has 0 saturated carbocycles. The minimum Gasteiger partial charge on any atom is -0.339 e. The van der Waals surface area contributed by atoms with Gasteiger partial charge in [0, 0.05) is 28.6 Å². The lowest BCUT2D eigenvalue weighted by atomic mass is 9.96. The van der Waals surface area contributed by atoms with E-state index >= 15 is 0 Å². The molecule has 0 bridgehead atoms. The van der Waals surface area contributed by atoms with Crippen molar-refractivity contribution in [3.05, 3.63) is 32.7 Å². The first-order chi connectivity index (χ1) is 9.47. The Kier molecular flexibility index (Phi) is 5.64. The first-order valence-electron chi connectivity index (χ1n) is 6.86. The van der Waals surface area contributed by atoms with Gasteiger partial charge < -0.3 is 9.80 Å². The van der Waals surface area contributed by atoms with Crippen LogP contribution >= 0.6 is 31.9 Å². The van der Waals surface area contributed by atoms with E-state index in [2.05, 4.69) is 50.9 Å². The molecule has 1 heterocycles. The number of carbonyl (C=O) groups excluding carboxylic acids is 1. The molecule has 0 N–H and O–H groups in total. The third-order valence-corrected chi connectivity index (χ3v) is 4.84. The van der Waals surface area contributed by atoms with Crippen LogP contribution in [0.15, 0.2) is 27.1 Å². The summed E-state index contributed by atoms with van der Waals surface area (Å²) < 4.78 is 1.83. The van der Waals surface area contributed by atoms with Gasteiger partial charge in [0.2, 0.25) is 0 Å². The lowest BCUT2D eigenvalue weighted by molar-refractivity contribution is 0.0677. The molecule has 1 amide bonds. The van der Waals surface area contributed by atoms with E-state index in [1.165, 1.54) is 0 Å². The van der Waals surface area contributed by atoms with Gasteiger partial charge >= 0.3 is 0 Å². The topological polar surface area (TPSA) is 23.6 Å². The summed E-state index contributed by atoms with van der Waals surface area (Å²) in [4.78, 5) is 16.7. The van der Waals surface area contributed by atoms with Gasteiger partial charge in [-0.1, -0.05) is 15.9 Å². The summed E-state index contributed by atoms with van der Waals surface area (Å²) in [6.07, 6.45) is 2.19. The van der Waals surface area contributed by atoms with Crippen molar-refractivity contribution in [2.75, 3.05) is 33.7 Å². The molecule has 1 saturated heterocycles. The number of benzene rings is 1. The van der Waals surface area contributed by atoms with E-state index in [1.807, 2.05) is 23.1 Å². The number of amides is 1. The van der Waals surface area contributed by atoms with Crippen LogP contribution in [0.5, 0.6) is 0 Å². The Morgan fingerprint density at radius 2 is 1.95 bits per heavy atom. The summed E-state index contributed by atoms with van der Waals surface area (Å²) in [5.74, 6) is 0.843. The number of hydrogen-bond donors (Lipinski definition) is 0. The van der Waals surface area contributed by atoms with Gasteiger partial charge in [-0.2, -0.15) is 0 Å². The van der Waals surface area contributed by atoms with Crippen molar-refractivity contribution in [1.29, 1.82) is 0 Å². The monoisotopic (exact) mass is 402 g/mol. The minimum absolute atomic E-state index is 0.132. The van der Waals surface area contributed by atoms with E-state index in [-0.39, 0.29) is 5.91 Å². The van der Waals surface area contributed by atoms with E-state index in [4.69, 9.17) is 0 Å². The number of carbonyl (C=O) groups is 1. The van der Waals surface area contributed by atoms with E-state index in [9.17, 15) is 4.79 Å². The maximum Gasteiger partial charge on any atom is 0.254 e. The Morgan fingerprint density at radius 3 is 2.50 bits per heavy atom. The van der Waals surface area contributed by atoms with Gasteiger partial charge in [-0.15, -0.1) is 0 Å². The van der Waals surface area contributed by atoms with E-state index in [1.54, 1.807) is 0 Å². The Balaban J connectivity index is 1.98. The van der Waals surface area contributed by atoms with Crippen LogP contribution in [0.25, 0.3) is 0 Å². The first kappa shape index (κ1) is 16.0. The summed E-state index contributed by atoms with van der Waals surface area (Å²) in [6, 6.07) is 5.71. The smallest absolute Gasteiger partial charge is 0.254 e. The molecule has 1 aromatic rings. The predicted octanol–water partition coefficient (Wildman–Crippen LogP) is 3.63. The van der Waals surface area contributed by atoms with Crippen molar-refractivity contribution in [3.63, 3.8) is 0 Å². The molecule has 0 spiro atoms. The number of hydrogen-bond acceptors (Lipinski definition) is 2. The summed E-state index contributed by atoms with van der Waals surface area (Å²) in [5, 5.41) is 0. The molecule has 0 radical (unpaired) electrons. The van der Waals surface area contributed by atoms with Gasteiger partial charge in [-0.05, 0) is 67.0 Å². The van der Waals surface area contributed by atoms with Crippen LogP contribution < -0.4 is 0 Å². The van der Waals surface area contributed by atoms with Crippen LogP contribution in [0.2, 0.25) is 0 Å². The van der Waals surface area contributed by atoms with Crippen molar-refractivity contribution in [2.24, 2.45) is 5.92 Å². The second-order valence-corrected chi connectivity index (χ2v) is 7.39. The molecular formula is C15H20Br2N2O. The zero-order valence-electron chi connectivity index (χ0n) is 11.9. The zero-order valence-corrected chi connectivity index (χ0v) is 15.1. The number of halogens is 2. The fourth-order valence-corrected chi connectivity index (χ4v) is 3.88. The molecule has 0 aromatic heterocycles.